The zero-order valence-corrected chi connectivity index (χ0v) is 11.9. The van der Waals surface area contributed by atoms with Crippen LogP contribution in [0.3, 0.4) is 0 Å². The zero-order chi connectivity index (χ0) is 15.2. The Hall–Kier alpha value is -1.83. The molecule has 0 radical (unpaired) electrons. The summed E-state index contributed by atoms with van der Waals surface area (Å²) in [4.78, 5) is 13.5. The predicted molar refractivity (Wildman–Crippen MR) is 74.4 cm³/mol. The van der Waals surface area contributed by atoms with Crippen LogP contribution in [0.5, 0.6) is 0 Å². The maximum atomic E-state index is 12.4. The van der Waals surface area contributed by atoms with Crippen LogP contribution < -0.4 is 10.6 Å². The number of nitrogens with zero attached hydrogens (tertiary/aromatic N) is 3. The van der Waals surface area contributed by atoms with Crippen LogP contribution in [-0.2, 0) is 0 Å². The van der Waals surface area contributed by atoms with Crippen LogP contribution in [0.4, 0.5) is 19.3 Å². The minimum atomic E-state index is -2.34. The lowest BCUT2D eigenvalue weighted by molar-refractivity contribution is 0.0826. The van der Waals surface area contributed by atoms with E-state index in [1.165, 1.54) is 6.20 Å². The Labute approximate surface area is 121 Å². The van der Waals surface area contributed by atoms with Gasteiger partial charge in [0, 0.05) is 12.6 Å². The first kappa shape index (κ1) is 15.6. The van der Waals surface area contributed by atoms with Gasteiger partial charge in [-0.15, -0.1) is 0 Å². The van der Waals surface area contributed by atoms with Crippen LogP contribution >= 0.6 is 0 Å². The Morgan fingerprint density at radius 2 is 2.38 bits per heavy atom. The Balaban J connectivity index is 1.80. The third kappa shape index (κ3) is 4.59. The van der Waals surface area contributed by atoms with Gasteiger partial charge in [0.2, 0.25) is 0 Å². The molecule has 1 fully saturated rings. The van der Waals surface area contributed by atoms with E-state index in [0.717, 1.165) is 12.8 Å². The molecule has 1 saturated heterocycles. The number of urea groups is 1. The second-order valence-electron chi connectivity index (χ2n) is 5.05. The van der Waals surface area contributed by atoms with Gasteiger partial charge in [-0.1, -0.05) is 0 Å². The number of anilines is 1. The van der Waals surface area contributed by atoms with E-state index in [0.29, 0.717) is 24.5 Å². The molecule has 2 amide bonds. The Kier molecular flexibility index (Phi) is 5.38. The fourth-order valence-corrected chi connectivity index (χ4v) is 2.46. The van der Waals surface area contributed by atoms with E-state index in [-0.39, 0.29) is 18.6 Å². The zero-order valence-electron chi connectivity index (χ0n) is 11.9. The molecular weight excluding hydrogens is 280 g/mol. The molecule has 2 heterocycles. The summed E-state index contributed by atoms with van der Waals surface area (Å²) in [5, 5.41) is 12.9. The molecule has 1 aliphatic heterocycles. The molecule has 21 heavy (non-hydrogen) atoms. The van der Waals surface area contributed by atoms with Crippen molar-refractivity contribution in [2.45, 2.75) is 32.2 Å². The summed E-state index contributed by atoms with van der Waals surface area (Å²) in [5.74, 6) is 0. The summed E-state index contributed by atoms with van der Waals surface area (Å²) < 4.78 is 24.9. The average Bonchev–Trinajstić information content (AvgIpc) is 2.85. The summed E-state index contributed by atoms with van der Waals surface area (Å²) in [5.41, 5.74) is 1.20. The molecule has 0 bridgehead atoms. The highest BCUT2D eigenvalue weighted by molar-refractivity contribution is 5.89. The lowest BCUT2D eigenvalue weighted by Crippen LogP contribution is -2.43. The summed E-state index contributed by atoms with van der Waals surface area (Å²) >= 11 is 0. The molecule has 1 aliphatic rings. The van der Waals surface area contributed by atoms with Gasteiger partial charge in [-0.25, -0.2) is 13.6 Å². The average molecular weight is 299 g/mol. The van der Waals surface area contributed by atoms with Crippen molar-refractivity contribution in [2.24, 2.45) is 0 Å². The molecule has 1 unspecified atom stereocenters. The molecule has 1 aromatic rings. The van der Waals surface area contributed by atoms with E-state index in [1.54, 1.807) is 17.9 Å². The Bertz CT molecular complexity index is 485. The van der Waals surface area contributed by atoms with Gasteiger partial charge < -0.3 is 10.6 Å². The highest BCUT2D eigenvalue weighted by Gasteiger charge is 2.26. The SMILES string of the molecule is Cc1nnccc1NC(=O)NCC1CCCN1CC(F)F. The highest BCUT2D eigenvalue weighted by atomic mass is 19.3. The summed E-state index contributed by atoms with van der Waals surface area (Å²) in [6, 6.07) is 1.26. The van der Waals surface area contributed by atoms with Crippen LogP contribution in [0.1, 0.15) is 18.5 Å². The van der Waals surface area contributed by atoms with Crippen molar-refractivity contribution in [3.05, 3.63) is 18.0 Å². The largest absolute Gasteiger partial charge is 0.336 e. The molecule has 0 spiro atoms. The Morgan fingerprint density at radius 1 is 1.57 bits per heavy atom. The van der Waals surface area contributed by atoms with E-state index in [9.17, 15) is 13.6 Å². The van der Waals surface area contributed by atoms with Gasteiger partial charge in [0.1, 0.15) is 0 Å². The molecule has 116 valence electrons. The quantitative estimate of drug-likeness (QED) is 0.867. The minimum absolute atomic E-state index is 0.0265. The number of aromatic nitrogens is 2. The van der Waals surface area contributed by atoms with Crippen molar-refractivity contribution in [1.82, 2.24) is 20.4 Å². The van der Waals surface area contributed by atoms with Crippen molar-refractivity contribution in [2.75, 3.05) is 25.0 Å². The molecule has 1 atom stereocenters. The van der Waals surface area contributed by atoms with Crippen LogP contribution in [0, 0.1) is 6.92 Å². The number of rotatable bonds is 5. The number of carbonyl (C=O) groups is 1. The smallest absolute Gasteiger partial charge is 0.319 e. The predicted octanol–water partition coefficient (Wildman–Crippen LogP) is 1.64. The van der Waals surface area contributed by atoms with Gasteiger partial charge in [-0.3, -0.25) is 4.90 Å². The normalized spacial score (nSPS) is 19.0. The maximum Gasteiger partial charge on any atom is 0.319 e. The molecule has 6 nitrogen and oxygen atoms in total. The fraction of sp³-hybridized carbons (Fsp3) is 0.615. The topological polar surface area (TPSA) is 70.1 Å². The number of hydrogen-bond acceptors (Lipinski definition) is 4. The second kappa shape index (κ2) is 7.26. The summed E-state index contributed by atoms with van der Waals surface area (Å²) in [6.45, 7) is 2.52. The van der Waals surface area contributed by atoms with Gasteiger partial charge in [-0.2, -0.15) is 10.2 Å². The highest BCUT2D eigenvalue weighted by Crippen LogP contribution is 2.17. The van der Waals surface area contributed by atoms with Gasteiger partial charge in [-0.05, 0) is 32.4 Å². The first-order chi connectivity index (χ1) is 10.1. The van der Waals surface area contributed by atoms with Crippen LogP contribution in [-0.4, -0.2) is 53.2 Å². The number of amides is 2. The monoisotopic (exact) mass is 299 g/mol. The number of likely N-dealkylation sites (tertiary alicyclic amines) is 1. The van der Waals surface area contributed by atoms with Crippen LogP contribution in [0.15, 0.2) is 12.3 Å². The van der Waals surface area contributed by atoms with Crippen molar-refractivity contribution >= 4 is 11.7 Å². The number of carbonyl (C=O) groups excluding carboxylic acids is 1. The van der Waals surface area contributed by atoms with Gasteiger partial charge >= 0.3 is 6.03 Å². The molecule has 1 aromatic heterocycles. The molecular formula is C13H19F2N5O. The molecule has 0 saturated carbocycles. The third-order valence-corrected chi connectivity index (χ3v) is 3.52. The first-order valence-electron chi connectivity index (χ1n) is 6.91. The minimum Gasteiger partial charge on any atom is -0.336 e. The van der Waals surface area contributed by atoms with E-state index < -0.39 is 6.43 Å². The third-order valence-electron chi connectivity index (χ3n) is 3.52. The summed E-state index contributed by atoms with van der Waals surface area (Å²) in [6.07, 6.45) is 0.853. The maximum absolute atomic E-state index is 12.4. The molecule has 2 N–H and O–H groups in total. The fourth-order valence-electron chi connectivity index (χ4n) is 2.46. The number of alkyl halides is 2. The van der Waals surface area contributed by atoms with Crippen molar-refractivity contribution in [3.63, 3.8) is 0 Å². The van der Waals surface area contributed by atoms with Crippen molar-refractivity contribution in [3.8, 4) is 0 Å². The molecule has 0 aromatic carbocycles. The van der Waals surface area contributed by atoms with E-state index in [4.69, 9.17) is 0 Å². The molecule has 0 aliphatic carbocycles. The Morgan fingerprint density at radius 3 is 3.10 bits per heavy atom. The molecule has 2 rings (SSSR count). The van der Waals surface area contributed by atoms with Crippen LogP contribution in [0.2, 0.25) is 0 Å². The number of halogens is 2. The van der Waals surface area contributed by atoms with Crippen LogP contribution in [0.25, 0.3) is 0 Å². The molecule has 8 heteroatoms. The number of aryl methyl sites for hydroxylation is 1. The standard InChI is InChI=1S/C13H19F2N5O/c1-9-11(4-5-17-19-9)18-13(21)16-7-10-3-2-6-20(10)8-12(14)15/h4-5,10,12H,2-3,6-8H2,1H3,(H2,16,17,18,21). The van der Waals surface area contributed by atoms with Gasteiger partial charge in [0.25, 0.3) is 6.43 Å². The summed E-state index contributed by atoms with van der Waals surface area (Å²) in [7, 11) is 0. The van der Waals surface area contributed by atoms with Gasteiger partial charge in [0.05, 0.1) is 24.1 Å². The number of nitrogens with one attached hydrogen (secondary N) is 2. The van der Waals surface area contributed by atoms with E-state index in [1.807, 2.05) is 0 Å². The number of hydrogen-bond donors (Lipinski definition) is 2. The lowest BCUT2D eigenvalue weighted by atomic mass is 10.2. The van der Waals surface area contributed by atoms with E-state index in [2.05, 4.69) is 20.8 Å². The first-order valence-corrected chi connectivity index (χ1v) is 6.91. The van der Waals surface area contributed by atoms with Crippen molar-refractivity contribution in [1.29, 1.82) is 0 Å². The lowest BCUT2D eigenvalue weighted by Gasteiger charge is -2.24. The van der Waals surface area contributed by atoms with Crippen molar-refractivity contribution < 1.29 is 13.6 Å². The second-order valence-corrected chi connectivity index (χ2v) is 5.05. The van der Waals surface area contributed by atoms with Gasteiger partial charge in [0.15, 0.2) is 0 Å². The van der Waals surface area contributed by atoms with E-state index >= 15 is 0 Å².